The number of nitrogens with zero attached hydrogens (tertiary/aromatic N) is 1. The molecule has 0 aromatic heterocycles. The molecule has 3 rings (SSSR count). The lowest BCUT2D eigenvalue weighted by Crippen LogP contribution is -2.53. The van der Waals surface area contributed by atoms with Gasteiger partial charge in [-0.25, -0.2) is 0 Å². The number of hydrogen-bond acceptors (Lipinski definition) is 2. The summed E-state index contributed by atoms with van der Waals surface area (Å²) in [7, 11) is 0. The van der Waals surface area contributed by atoms with E-state index in [1.807, 2.05) is 0 Å². The van der Waals surface area contributed by atoms with Crippen molar-refractivity contribution < 1.29 is 5.11 Å². The van der Waals surface area contributed by atoms with Crippen LogP contribution in [0.1, 0.15) is 84.0 Å². The minimum absolute atomic E-state index is 0.0186. The molecule has 122 valence electrons. The van der Waals surface area contributed by atoms with Crippen molar-refractivity contribution in [2.75, 3.05) is 6.54 Å². The van der Waals surface area contributed by atoms with E-state index in [2.05, 4.69) is 11.8 Å². The van der Waals surface area contributed by atoms with E-state index < -0.39 is 0 Å². The summed E-state index contributed by atoms with van der Waals surface area (Å²) in [5.74, 6) is 1.53. The minimum atomic E-state index is -0.0186. The number of piperidine rings is 1. The lowest BCUT2D eigenvalue weighted by atomic mass is 9.75. The van der Waals surface area contributed by atoms with Gasteiger partial charge in [-0.15, -0.1) is 0 Å². The van der Waals surface area contributed by atoms with Crippen LogP contribution in [0.5, 0.6) is 0 Å². The van der Waals surface area contributed by atoms with Crippen LogP contribution >= 0.6 is 0 Å². The highest BCUT2D eigenvalue weighted by Crippen LogP contribution is 2.38. The first-order chi connectivity index (χ1) is 10.3. The van der Waals surface area contributed by atoms with Crippen LogP contribution in [0.15, 0.2) is 0 Å². The quantitative estimate of drug-likeness (QED) is 0.835. The summed E-state index contributed by atoms with van der Waals surface area (Å²) in [6.45, 7) is 3.67. The first-order valence-corrected chi connectivity index (χ1v) is 9.73. The molecule has 3 fully saturated rings. The number of aliphatic hydroxyl groups excluding tert-OH is 1. The molecule has 3 aliphatic rings. The molecule has 0 aromatic carbocycles. The van der Waals surface area contributed by atoms with Gasteiger partial charge in [-0.05, 0) is 51.0 Å². The van der Waals surface area contributed by atoms with Crippen molar-refractivity contribution >= 4 is 0 Å². The number of hydrogen-bond donors (Lipinski definition) is 1. The van der Waals surface area contributed by atoms with Gasteiger partial charge in [0.25, 0.3) is 0 Å². The van der Waals surface area contributed by atoms with Gasteiger partial charge in [0.15, 0.2) is 0 Å². The van der Waals surface area contributed by atoms with Crippen LogP contribution in [0.2, 0.25) is 0 Å². The maximum atomic E-state index is 10.5. The Bertz CT molecular complexity index is 319. The van der Waals surface area contributed by atoms with Gasteiger partial charge in [-0.2, -0.15) is 0 Å². The highest BCUT2D eigenvalue weighted by molar-refractivity contribution is 4.93. The van der Waals surface area contributed by atoms with Gasteiger partial charge in [0, 0.05) is 18.0 Å². The maximum absolute atomic E-state index is 10.5. The van der Waals surface area contributed by atoms with Crippen LogP contribution in [0.3, 0.4) is 0 Å². The lowest BCUT2D eigenvalue weighted by molar-refractivity contribution is -0.0324. The Labute approximate surface area is 131 Å². The number of rotatable bonds is 3. The predicted octanol–water partition coefficient (Wildman–Crippen LogP) is 4.36. The second kappa shape index (κ2) is 7.46. The molecular weight excluding hydrogens is 258 g/mol. The Hall–Kier alpha value is -0.0800. The molecule has 0 spiro atoms. The molecule has 2 heteroatoms. The summed E-state index contributed by atoms with van der Waals surface area (Å²) in [4.78, 5) is 2.87. The average molecular weight is 293 g/mol. The van der Waals surface area contributed by atoms with Crippen LogP contribution in [-0.4, -0.2) is 34.7 Å². The number of aliphatic hydroxyl groups is 1. The fourth-order valence-electron chi connectivity index (χ4n) is 5.42. The molecule has 21 heavy (non-hydrogen) atoms. The zero-order valence-electron chi connectivity index (χ0n) is 14.0. The monoisotopic (exact) mass is 293 g/mol. The highest BCUT2D eigenvalue weighted by atomic mass is 16.3. The van der Waals surface area contributed by atoms with E-state index >= 15 is 0 Å². The van der Waals surface area contributed by atoms with Gasteiger partial charge >= 0.3 is 0 Å². The largest absolute Gasteiger partial charge is 0.393 e. The third-order valence-electron chi connectivity index (χ3n) is 6.67. The van der Waals surface area contributed by atoms with E-state index in [0.29, 0.717) is 12.0 Å². The van der Waals surface area contributed by atoms with Gasteiger partial charge in [-0.3, -0.25) is 4.90 Å². The first-order valence-electron chi connectivity index (χ1n) is 9.73. The fraction of sp³-hybridized carbons (Fsp3) is 1.00. The summed E-state index contributed by atoms with van der Waals surface area (Å²) in [5, 5.41) is 10.5. The lowest BCUT2D eigenvalue weighted by Gasteiger charge is -2.49. The molecule has 0 amide bonds. The van der Waals surface area contributed by atoms with Crippen molar-refractivity contribution in [3.63, 3.8) is 0 Å². The average Bonchev–Trinajstić information content (AvgIpc) is 2.55. The SMILES string of the molecule is CCC1CCCC(N2CCCCC2C2CCCCC2O)C1. The van der Waals surface area contributed by atoms with Gasteiger partial charge in [0.1, 0.15) is 0 Å². The molecule has 5 unspecified atom stereocenters. The molecule has 2 saturated carbocycles. The van der Waals surface area contributed by atoms with Crippen LogP contribution in [0.4, 0.5) is 0 Å². The summed E-state index contributed by atoms with van der Waals surface area (Å²) in [5.41, 5.74) is 0. The van der Waals surface area contributed by atoms with Crippen LogP contribution in [0, 0.1) is 11.8 Å². The van der Waals surface area contributed by atoms with Crippen LogP contribution < -0.4 is 0 Å². The van der Waals surface area contributed by atoms with E-state index in [9.17, 15) is 5.11 Å². The summed E-state index contributed by atoms with van der Waals surface area (Å²) in [6.07, 6.45) is 16.1. The van der Waals surface area contributed by atoms with Crippen molar-refractivity contribution in [2.24, 2.45) is 11.8 Å². The molecule has 1 heterocycles. The van der Waals surface area contributed by atoms with Crippen molar-refractivity contribution in [3.05, 3.63) is 0 Å². The van der Waals surface area contributed by atoms with Crippen molar-refractivity contribution in [3.8, 4) is 0 Å². The molecule has 1 N–H and O–H groups in total. The van der Waals surface area contributed by atoms with Gasteiger partial charge in [-0.1, -0.05) is 45.4 Å². The Morgan fingerprint density at radius 3 is 2.52 bits per heavy atom. The number of likely N-dealkylation sites (tertiary alicyclic amines) is 1. The topological polar surface area (TPSA) is 23.5 Å². The summed E-state index contributed by atoms with van der Waals surface area (Å²) >= 11 is 0. The second-order valence-electron chi connectivity index (χ2n) is 7.91. The molecule has 2 aliphatic carbocycles. The smallest absolute Gasteiger partial charge is 0.0583 e. The van der Waals surface area contributed by atoms with Crippen molar-refractivity contribution in [1.82, 2.24) is 4.90 Å². The molecule has 5 atom stereocenters. The Balaban J connectivity index is 1.68. The Morgan fingerprint density at radius 2 is 1.71 bits per heavy atom. The second-order valence-corrected chi connectivity index (χ2v) is 7.91. The molecule has 0 radical (unpaired) electrons. The van der Waals surface area contributed by atoms with E-state index in [4.69, 9.17) is 0 Å². The predicted molar refractivity (Wildman–Crippen MR) is 88.3 cm³/mol. The molecule has 2 nitrogen and oxygen atoms in total. The standard InChI is InChI=1S/C19H35NO/c1-2-15-8-7-9-16(14-15)20-13-6-5-11-18(20)17-10-3-4-12-19(17)21/h15-19,21H,2-14H2,1H3. The zero-order chi connectivity index (χ0) is 14.7. The molecule has 0 aromatic rings. The van der Waals surface area contributed by atoms with E-state index in [1.54, 1.807) is 0 Å². The first kappa shape index (κ1) is 15.8. The van der Waals surface area contributed by atoms with E-state index in [-0.39, 0.29) is 6.10 Å². The van der Waals surface area contributed by atoms with E-state index in [1.165, 1.54) is 77.2 Å². The molecule has 1 saturated heterocycles. The molecular formula is C19H35NO. The highest BCUT2D eigenvalue weighted by Gasteiger charge is 2.39. The molecule has 1 aliphatic heterocycles. The third-order valence-corrected chi connectivity index (χ3v) is 6.67. The third kappa shape index (κ3) is 3.64. The normalized spacial score (nSPS) is 42.9. The maximum Gasteiger partial charge on any atom is 0.0583 e. The van der Waals surface area contributed by atoms with E-state index in [0.717, 1.165) is 18.4 Å². The summed E-state index contributed by atoms with van der Waals surface area (Å²) in [6, 6.07) is 1.51. The Morgan fingerprint density at radius 1 is 0.905 bits per heavy atom. The Kier molecular flexibility index (Phi) is 5.61. The minimum Gasteiger partial charge on any atom is -0.393 e. The van der Waals surface area contributed by atoms with Crippen molar-refractivity contribution in [2.45, 2.75) is 102 Å². The summed E-state index contributed by atoms with van der Waals surface area (Å²) < 4.78 is 0. The van der Waals surface area contributed by atoms with Gasteiger partial charge in [0.2, 0.25) is 0 Å². The zero-order valence-corrected chi connectivity index (χ0v) is 14.0. The fourth-order valence-corrected chi connectivity index (χ4v) is 5.42. The van der Waals surface area contributed by atoms with Crippen LogP contribution in [-0.2, 0) is 0 Å². The molecule has 0 bridgehead atoms. The van der Waals surface area contributed by atoms with Crippen molar-refractivity contribution in [1.29, 1.82) is 0 Å². The van der Waals surface area contributed by atoms with Crippen LogP contribution in [0.25, 0.3) is 0 Å². The van der Waals surface area contributed by atoms with Gasteiger partial charge in [0.05, 0.1) is 6.10 Å². The van der Waals surface area contributed by atoms with Gasteiger partial charge < -0.3 is 5.11 Å².